The highest BCUT2D eigenvalue weighted by atomic mass is 35.5. The smallest absolute Gasteiger partial charge is 0.273 e. The van der Waals surface area contributed by atoms with Crippen LogP contribution < -0.4 is 5.32 Å². The maximum absolute atomic E-state index is 12.8. The molecule has 1 aromatic heterocycles. The molecule has 1 N–H and O–H groups in total. The van der Waals surface area contributed by atoms with Gasteiger partial charge in [0, 0.05) is 30.7 Å². The van der Waals surface area contributed by atoms with Crippen LogP contribution in [0.3, 0.4) is 0 Å². The van der Waals surface area contributed by atoms with Gasteiger partial charge in [-0.2, -0.15) is 9.90 Å². The van der Waals surface area contributed by atoms with Crippen molar-refractivity contribution in [3.05, 3.63) is 76.1 Å². The molecule has 0 bridgehead atoms. The molecule has 3 aromatic rings. The monoisotopic (exact) mass is 423 g/mol. The average Bonchev–Trinajstić information content (AvgIpc) is 3.11. The second-order valence-electron chi connectivity index (χ2n) is 7.92. The number of nitrogens with zero attached hydrogens (tertiary/aromatic N) is 4. The quantitative estimate of drug-likeness (QED) is 0.675. The first-order valence-electron chi connectivity index (χ1n) is 10.3. The van der Waals surface area contributed by atoms with Crippen molar-refractivity contribution >= 4 is 17.5 Å². The zero-order valence-corrected chi connectivity index (χ0v) is 18.1. The van der Waals surface area contributed by atoms with E-state index in [4.69, 9.17) is 11.6 Å². The maximum atomic E-state index is 12.8. The Labute approximate surface area is 181 Å². The summed E-state index contributed by atoms with van der Waals surface area (Å²) < 4.78 is 0. The van der Waals surface area contributed by atoms with Crippen molar-refractivity contribution in [3.8, 4) is 5.69 Å². The number of amides is 1. The molecule has 7 heteroatoms. The third-order valence-electron chi connectivity index (χ3n) is 5.45. The Hall–Kier alpha value is -2.70. The molecule has 0 saturated carbocycles. The maximum Gasteiger partial charge on any atom is 0.273 e. The summed E-state index contributed by atoms with van der Waals surface area (Å²) in [6, 6.07) is 16.0. The number of hydrogen-bond acceptors (Lipinski definition) is 4. The number of likely N-dealkylation sites (tertiary alicyclic amines) is 1. The number of carbonyl (C=O) groups excluding carboxylic acids is 1. The zero-order chi connectivity index (χ0) is 21.1. The summed E-state index contributed by atoms with van der Waals surface area (Å²) in [4.78, 5) is 16.7. The highest BCUT2D eigenvalue weighted by Gasteiger charge is 2.24. The average molecular weight is 424 g/mol. The van der Waals surface area contributed by atoms with Crippen LogP contribution in [0.4, 0.5) is 0 Å². The summed E-state index contributed by atoms with van der Waals surface area (Å²) >= 11 is 6.05. The lowest BCUT2D eigenvalue weighted by Crippen LogP contribution is -2.44. The number of halogens is 1. The van der Waals surface area contributed by atoms with Crippen molar-refractivity contribution in [1.82, 2.24) is 25.2 Å². The van der Waals surface area contributed by atoms with Gasteiger partial charge in [-0.25, -0.2) is 0 Å². The number of nitrogens with one attached hydrogen (secondary N) is 1. The molecule has 0 radical (unpaired) electrons. The summed E-state index contributed by atoms with van der Waals surface area (Å²) in [5.74, 6) is -0.169. The lowest BCUT2D eigenvalue weighted by atomic mass is 10.0. The van der Waals surface area contributed by atoms with Crippen molar-refractivity contribution in [2.24, 2.45) is 0 Å². The first kappa shape index (κ1) is 20.6. The number of rotatable bonds is 5. The molecule has 2 aromatic carbocycles. The molecule has 1 aliphatic heterocycles. The van der Waals surface area contributed by atoms with Gasteiger partial charge >= 0.3 is 0 Å². The summed E-state index contributed by atoms with van der Waals surface area (Å²) in [7, 11) is 0. The molecule has 156 valence electrons. The normalized spacial score (nSPS) is 15.3. The van der Waals surface area contributed by atoms with E-state index in [2.05, 4.69) is 51.6 Å². The molecule has 1 fully saturated rings. The molecule has 0 atom stereocenters. The molecule has 0 spiro atoms. The van der Waals surface area contributed by atoms with E-state index in [1.54, 1.807) is 19.1 Å². The predicted molar refractivity (Wildman–Crippen MR) is 118 cm³/mol. The summed E-state index contributed by atoms with van der Waals surface area (Å²) in [6.45, 7) is 6.80. The minimum atomic E-state index is -0.169. The predicted octanol–water partition coefficient (Wildman–Crippen LogP) is 3.93. The van der Waals surface area contributed by atoms with Crippen LogP contribution in [-0.4, -0.2) is 44.9 Å². The van der Waals surface area contributed by atoms with Crippen molar-refractivity contribution < 1.29 is 4.79 Å². The second kappa shape index (κ2) is 8.98. The second-order valence-corrected chi connectivity index (χ2v) is 8.35. The van der Waals surface area contributed by atoms with Gasteiger partial charge < -0.3 is 5.32 Å². The highest BCUT2D eigenvalue weighted by Crippen LogP contribution is 2.17. The van der Waals surface area contributed by atoms with Crippen molar-refractivity contribution in [2.75, 3.05) is 13.1 Å². The van der Waals surface area contributed by atoms with Gasteiger partial charge in [0.25, 0.3) is 5.91 Å². The lowest BCUT2D eigenvalue weighted by molar-refractivity contribution is 0.0903. The number of hydrogen-bond donors (Lipinski definition) is 1. The third kappa shape index (κ3) is 4.89. The molecule has 1 amide bonds. The largest absolute Gasteiger partial charge is 0.348 e. The van der Waals surface area contributed by atoms with Crippen molar-refractivity contribution in [1.29, 1.82) is 0 Å². The molecule has 1 aliphatic rings. The van der Waals surface area contributed by atoms with Crippen LogP contribution in [0.2, 0.25) is 5.02 Å². The van der Waals surface area contributed by atoms with Gasteiger partial charge in [0.2, 0.25) is 0 Å². The van der Waals surface area contributed by atoms with E-state index in [0.717, 1.165) is 38.2 Å². The summed E-state index contributed by atoms with van der Waals surface area (Å²) in [5.41, 5.74) is 4.32. The Morgan fingerprint density at radius 2 is 1.87 bits per heavy atom. The van der Waals surface area contributed by atoms with Gasteiger partial charge in [0.1, 0.15) is 0 Å². The topological polar surface area (TPSA) is 63.1 Å². The van der Waals surface area contributed by atoms with E-state index in [1.807, 2.05) is 12.1 Å². The van der Waals surface area contributed by atoms with E-state index in [9.17, 15) is 4.79 Å². The van der Waals surface area contributed by atoms with Gasteiger partial charge in [0.15, 0.2) is 5.69 Å². The number of aromatic nitrogens is 3. The van der Waals surface area contributed by atoms with E-state index >= 15 is 0 Å². The summed E-state index contributed by atoms with van der Waals surface area (Å²) in [6.07, 6.45) is 1.86. The number of carbonyl (C=O) groups is 1. The fraction of sp³-hybridized carbons (Fsp3) is 0.348. The Balaban J connectivity index is 1.34. The van der Waals surface area contributed by atoms with Crippen molar-refractivity contribution in [2.45, 2.75) is 39.3 Å². The minimum Gasteiger partial charge on any atom is -0.348 e. The van der Waals surface area contributed by atoms with Gasteiger partial charge in [-0.05, 0) is 50.5 Å². The fourth-order valence-electron chi connectivity index (χ4n) is 3.86. The van der Waals surface area contributed by atoms with Gasteiger partial charge in [-0.15, -0.1) is 5.10 Å². The Morgan fingerprint density at radius 1 is 1.10 bits per heavy atom. The van der Waals surface area contributed by atoms with E-state index < -0.39 is 0 Å². The van der Waals surface area contributed by atoms with Crippen LogP contribution in [0.5, 0.6) is 0 Å². The van der Waals surface area contributed by atoms with Crippen molar-refractivity contribution in [3.63, 3.8) is 0 Å². The molecular formula is C23H26ClN5O. The Bertz CT molecular complexity index is 1040. The van der Waals surface area contributed by atoms with Crippen LogP contribution >= 0.6 is 11.6 Å². The van der Waals surface area contributed by atoms with E-state index in [0.29, 0.717) is 16.4 Å². The van der Waals surface area contributed by atoms with Crippen LogP contribution in [0.1, 0.15) is 40.2 Å². The molecule has 0 aliphatic carbocycles. The summed E-state index contributed by atoms with van der Waals surface area (Å²) in [5, 5.41) is 12.5. The fourth-order valence-corrected chi connectivity index (χ4v) is 4.05. The number of benzene rings is 2. The molecule has 2 heterocycles. The molecule has 1 saturated heterocycles. The van der Waals surface area contributed by atoms with E-state index in [-0.39, 0.29) is 11.9 Å². The highest BCUT2D eigenvalue weighted by molar-refractivity contribution is 6.30. The molecule has 30 heavy (non-hydrogen) atoms. The SMILES string of the molecule is Cc1cccc(CN2CCC(NC(=O)c3nn(-c4cccc(Cl)c4)nc3C)CC2)c1. The Kier molecular flexibility index (Phi) is 6.16. The number of aryl methyl sites for hydroxylation is 2. The lowest BCUT2D eigenvalue weighted by Gasteiger charge is -2.32. The van der Waals surface area contributed by atoms with Crippen LogP contribution in [0, 0.1) is 13.8 Å². The van der Waals surface area contributed by atoms with Crippen LogP contribution in [-0.2, 0) is 6.54 Å². The van der Waals surface area contributed by atoms with Gasteiger partial charge in [-0.3, -0.25) is 9.69 Å². The van der Waals surface area contributed by atoms with Gasteiger partial charge in [-0.1, -0.05) is 47.5 Å². The minimum absolute atomic E-state index is 0.155. The van der Waals surface area contributed by atoms with Crippen LogP contribution in [0.15, 0.2) is 48.5 Å². The van der Waals surface area contributed by atoms with E-state index in [1.165, 1.54) is 15.9 Å². The molecule has 6 nitrogen and oxygen atoms in total. The Morgan fingerprint density at radius 3 is 2.60 bits per heavy atom. The zero-order valence-electron chi connectivity index (χ0n) is 17.3. The first-order valence-corrected chi connectivity index (χ1v) is 10.6. The third-order valence-corrected chi connectivity index (χ3v) is 5.68. The molecule has 0 unspecified atom stereocenters. The number of piperidine rings is 1. The standard InChI is InChI=1S/C23H26ClN5O/c1-16-5-3-6-18(13-16)15-28-11-9-20(10-12-28)25-23(30)22-17(2)26-29(27-22)21-8-4-7-19(24)14-21/h3-8,13-14,20H,9-12,15H2,1-2H3,(H,25,30). The molecular weight excluding hydrogens is 398 g/mol. The van der Waals surface area contributed by atoms with Gasteiger partial charge in [0.05, 0.1) is 11.4 Å². The molecule has 4 rings (SSSR count). The first-order chi connectivity index (χ1) is 14.5. The van der Waals surface area contributed by atoms with Crippen LogP contribution in [0.25, 0.3) is 5.69 Å².